The number of urea groups is 1. The van der Waals surface area contributed by atoms with Gasteiger partial charge in [0.05, 0.1) is 6.04 Å². The Hall–Kier alpha value is -2.02. The minimum absolute atomic E-state index is 0.00483. The van der Waals surface area contributed by atoms with Crippen LogP contribution in [0.25, 0.3) is 0 Å². The first kappa shape index (κ1) is 16.8. The molecule has 1 aliphatic heterocycles. The van der Waals surface area contributed by atoms with Gasteiger partial charge >= 0.3 is 6.03 Å². The van der Waals surface area contributed by atoms with E-state index in [0.717, 1.165) is 37.4 Å². The lowest BCUT2D eigenvalue weighted by Gasteiger charge is -2.24. The standard InChI is InChI=1S/C17H23N5OS/c1-21-13-19-20-16(21)15-9-5-11-22(15)17(23)18-10-6-12-24-14-7-3-2-4-8-14/h2-4,7-8,13,15H,5-6,9-12H2,1H3,(H,18,23). The Balaban J connectivity index is 1.42. The quantitative estimate of drug-likeness (QED) is 0.646. The Kier molecular flexibility index (Phi) is 5.74. The molecule has 1 fully saturated rings. The van der Waals surface area contributed by atoms with Crippen LogP contribution in [-0.2, 0) is 7.05 Å². The summed E-state index contributed by atoms with van der Waals surface area (Å²) in [5.41, 5.74) is 0. The maximum absolute atomic E-state index is 12.4. The van der Waals surface area contributed by atoms with Crippen molar-refractivity contribution in [3.05, 3.63) is 42.5 Å². The Morgan fingerprint density at radius 2 is 2.21 bits per heavy atom. The lowest BCUT2D eigenvalue weighted by atomic mass is 10.2. The fourth-order valence-corrected chi connectivity index (χ4v) is 3.82. The molecule has 128 valence electrons. The van der Waals surface area contributed by atoms with Crippen LogP contribution in [0.2, 0.25) is 0 Å². The van der Waals surface area contributed by atoms with E-state index in [-0.39, 0.29) is 12.1 Å². The Bertz CT molecular complexity index is 660. The molecule has 2 aromatic rings. The molecule has 2 amide bonds. The Labute approximate surface area is 146 Å². The number of aryl methyl sites for hydroxylation is 1. The smallest absolute Gasteiger partial charge is 0.318 e. The summed E-state index contributed by atoms with van der Waals surface area (Å²) in [5, 5.41) is 11.1. The summed E-state index contributed by atoms with van der Waals surface area (Å²) < 4.78 is 1.90. The topological polar surface area (TPSA) is 63.1 Å². The third-order valence-electron chi connectivity index (χ3n) is 4.17. The number of amides is 2. The minimum Gasteiger partial charge on any atom is -0.338 e. The molecule has 1 aliphatic rings. The number of hydrogen-bond donors (Lipinski definition) is 1. The van der Waals surface area contributed by atoms with E-state index in [1.165, 1.54) is 4.90 Å². The van der Waals surface area contributed by atoms with Crippen LogP contribution >= 0.6 is 11.8 Å². The summed E-state index contributed by atoms with van der Waals surface area (Å²) in [7, 11) is 1.92. The average Bonchev–Trinajstić information content (AvgIpc) is 3.23. The second-order valence-corrected chi connectivity index (χ2v) is 7.07. The largest absolute Gasteiger partial charge is 0.338 e. The lowest BCUT2D eigenvalue weighted by molar-refractivity contribution is 0.190. The van der Waals surface area contributed by atoms with E-state index in [4.69, 9.17) is 0 Å². The van der Waals surface area contributed by atoms with Gasteiger partial charge in [-0.3, -0.25) is 0 Å². The van der Waals surface area contributed by atoms with Gasteiger partial charge < -0.3 is 14.8 Å². The van der Waals surface area contributed by atoms with Crippen molar-refractivity contribution < 1.29 is 4.79 Å². The summed E-state index contributed by atoms with van der Waals surface area (Å²) in [6, 6.07) is 10.4. The van der Waals surface area contributed by atoms with Crippen LogP contribution in [0.4, 0.5) is 4.79 Å². The molecule has 6 nitrogen and oxygen atoms in total. The summed E-state index contributed by atoms with van der Waals surface area (Å²) in [6.07, 6.45) is 4.59. The highest BCUT2D eigenvalue weighted by Gasteiger charge is 2.32. The van der Waals surface area contributed by atoms with Crippen LogP contribution in [0.1, 0.15) is 31.1 Å². The molecule has 1 N–H and O–H groups in total. The number of likely N-dealkylation sites (tertiary alicyclic amines) is 1. The van der Waals surface area contributed by atoms with E-state index in [9.17, 15) is 4.79 Å². The van der Waals surface area contributed by atoms with Gasteiger partial charge in [0.1, 0.15) is 6.33 Å². The number of aromatic nitrogens is 3. The number of benzene rings is 1. The zero-order valence-corrected chi connectivity index (χ0v) is 14.7. The summed E-state index contributed by atoms with van der Waals surface area (Å²) in [5.74, 6) is 1.86. The predicted octanol–water partition coefficient (Wildman–Crippen LogP) is 2.84. The molecule has 0 saturated carbocycles. The fourth-order valence-electron chi connectivity index (χ4n) is 2.95. The van der Waals surface area contributed by atoms with Crippen molar-refractivity contribution in [3.8, 4) is 0 Å². The van der Waals surface area contributed by atoms with Gasteiger partial charge in [-0.15, -0.1) is 22.0 Å². The molecule has 1 aromatic heterocycles. The normalized spacial score (nSPS) is 17.2. The van der Waals surface area contributed by atoms with E-state index in [1.807, 2.05) is 46.5 Å². The first-order chi connectivity index (χ1) is 11.8. The van der Waals surface area contributed by atoms with Crippen LogP contribution in [0.3, 0.4) is 0 Å². The molecule has 2 heterocycles. The Morgan fingerprint density at radius 1 is 1.38 bits per heavy atom. The van der Waals surface area contributed by atoms with E-state index < -0.39 is 0 Å². The molecular weight excluding hydrogens is 322 g/mol. The molecular formula is C17H23N5OS. The number of nitrogens with one attached hydrogen (secondary N) is 1. The zero-order chi connectivity index (χ0) is 16.8. The minimum atomic E-state index is 0.00483. The van der Waals surface area contributed by atoms with Gasteiger partial charge in [0.15, 0.2) is 5.82 Å². The SMILES string of the molecule is Cn1cnnc1C1CCCN1C(=O)NCCCSc1ccccc1. The van der Waals surface area contributed by atoms with Gasteiger partial charge in [0, 0.05) is 25.0 Å². The van der Waals surface area contributed by atoms with Crippen LogP contribution in [0.5, 0.6) is 0 Å². The van der Waals surface area contributed by atoms with Crippen molar-refractivity contribution in [2.24, 2.45) is 7.05 Å². The number of thioether (sulfide) groups is 1. The van der Waals surface area contributed by atoms with Gasteiger partial charge in [0.25, 0.3) is 0 Å². The first-order valence-corrected chi connectivity index (χ1v) is 9.30. The number of carbonyl (C=O) groups is 1. The molecule has 0 bridgehead atoms. The highest BCUT2D eigenvalue weighted by atomic mass is 32.2. The van der Waals surface area contributed by atoms with Crippen LogP contribution < -0.4 is 5.32 Å². The Morgan fingerprint density at radius 3 is 2.96 bits per heavy atom. The molecule has 0 spiro atoms. The van der Waals surface area contributed by atoms with Crippen LogP contribution in [-0.4, -0.2) is 44.5 Å². The molecule has 1 aromatic carbocycles. The van der Waals surface area contributed by atoms with E-state index >= 15 is 0 Å². The second-order valence-electron chi connectivity index (χ2n) is 5.90. The van der Waals surface area contributed by atoms with Crippen LogP contribution in [0, 0.1) is 0 Å². The summed E-state index contributed by atoms with van der Waals surface area (Å²) in [4.78, 5) is 15.6. The van der Waals surface area contributed by atoms with Gasteiger partial charge in [-0.2, -0.15) is 0 Å². The number of hydrogen-bond acceptors (Lipinski definition) is 4. The molecule has 1 unspecified atom stereocenters. The summed E-state index contributed by atoms with van der Waals surface area (Å²) >= 11 is 1.82. The van der Waals surface area contributed by atoms with Crippen LogP contribution in [0.15, 0.2) is 41.6 Å². The highest BCUT2D eigenvalue weighted by Crippen LogP contribution is 2.30. The second kappa shape index (κ2) is 8.19. The lowest BCUT2D eigenvalue weighted by Crippen LogP contribution is -2.40. The first-order valence-electron chi connectivity index (χ1n) is 8.32. The summed E-state index contributed by atoms with van der Waals surface area (Å²) in [6.45, 7) is 1.48. The van der Waals surface area contributed by atoms with Gasteiger partial charge in [0.2, 0.25) is 0 Å². The fraction of sp³-hybridized carbons (Fsp3) is 0.471. The number of rotatable bonds is 6. The van der Waals surface area contributed by atoms with Crippen molar-refractivity contribution in [2.45, 2.75) is 30.2 Å². The van der Waals surface area contributed by atoms with Gasteiger partial charge in [-0.1, -0.05) is 18.2 Å². The molecule has 0 aliphatic carbocycles. The van der Waals surface area contributed by atoms with Gasteiger partial charge in [-0.25, -0.2) is 4.79 Å². The van der Waals surface area contributed by atoms with Crippen molar-refractivity contribution in [1.82, 2.24) is 25.0 Å². The molecule has 1 saturated heterocycles. The highest BCUT2D eigenvalue weighted by molar-refractivity contribution is 7.99. The average molecular weight is 345 g/mol. The zero-order valence-electron chi connectivity index (χ0n) is 13.9. The third-order valence-corrected chi connectivity index (χ3v) is 5.27. The third kappa shape index (κ3) is 4.08. The van der Waals surface area contributed by atoms with Crippen molar-refractivity contribution >= 4 is 17.8 Å². The predicted molar refractivity (Wildman–Crippen MR) is 94.9 cm³/mol. The molecule has 24 heavy (non-hydrogen) atoms. The monoisotopic (exact) mass is 345 g/mol. The molecule has 1 atom stereocenters. The van der Waals surface area contributed by atoms with E-state index in [1.54, 1.807) is 6.33 Å². The van der Waals surface area contributed by atoms with Crippen molar-refractivity contribution in [2.75, 3.05) is 18.8 Å². The number of nitrogens with zero attached hydrogens (tertiary/aromatic N) is 4. The maximum atomic E-state index is 12.4. The van der Waals surface area contributed by atoms with Crippen molar-refractivity contribution in [1.29, 1.82) is 0 Å². The molecule has 7 heteroatoms. The number of carbonyl (C=O) groups excluding carboxylic acids is 1. The van der Waals surface area contributed by atoms with E-state index in [0.29, 0.717) is 6.54 Å². The van der Waals surface area contributed by atoms with Gasteiger partial charge in [-0.05, 0) is 37.1 Å². The maximum Gasteiger partial charge on any atom is 0.318 e. The molecule has 0 radical (unpaired) electrons. The van der Waals surface area contributed by atoms with Crippen molar-refractivity contribution in [3.63, 3.8) is 0 Å². The molecule has 3 rings (SSSR count). The van der Waals surface area contributed by atoms with E-state index in [2.05, 4.69) is 27.6 Å².